The van der Waals surface area contributed by atoms with Crippen LogP contribution >= 0.6 is 0 Å². The molecule has 0 amide bonds. The van der Waals surface area contributed by atoms with Crippen LogP contribution in [-0.2, 0) is 23.2 Å². The van der Waals surface area contributed by atoms with Gasteiger partial charge in [0.25, 0.3) is 15.8 Å². The number of hydrogen-bond donors (Lipinski definition) is 1. The predicted octanol–water partition coefficient (Wildman–Crippen LogP) is 2.19. The number of nitrogens with one attached hydrogen (secondary N) is 1. The fourth-order valence-electron chi connectivity index (χ4n) is 5.91. The van der Waals surface area contributed by atoms with Crippen LogP contribution in [0.25, 0.3) is 0 Å². The van der Waals surface area contributed by atoms with Gasteiger partial charge in [-0.3, -0.25) is 9.69 Å². The van der Waals surface area contributed by atoms with Gasteiger partial charge in [0.1, 0.15) is 5.82 Å². The number of fused-ring (bicyclic) bond motifs is 1. The van der Waals surface area contributed by atoms with Crippen molar-refractivity contribution in [1.29, 1.82) is 0 Å². The van der Waals surface area contributed by atoms with Gasteiger partial charge in [-0.15, -0.1) is 0 Å². The molecule has 1 unspecified atom stereocenters. The molecule has 0 spiro atoms. The van der Waals surface area contributed by atoms with Gasteiger partial charge in [0, 0.05) is 45.7 Å². The molecule has 2 saturated heterocycles. The zero-order valence-corrected chi connectivity index (χ0v) is 19.2. The smallest absolute Gasteiger partial charge is 0.282 e. The van der Waals surface area contributed by atoms with E-state index in [0.717, 1.165) is 55.9 Å². The Balaban J connectivity index is 1.34. The fourth-order valence-corrected chi connectivity index (χ4v) is 7.81. The molecule has 0 bridgehead atoms. The van der Waals surface area contributed by atoms with Gasteiger partial charge in [-0.2, -0.15) is 17.0 Å². The van der Waals surface area contributed by atoms with E-state index in [9.17, 15) is 13.2 Å². The first-order chi connectivity index (χ1) is 15.0. The van der Waals surface area contributed by atoms with Crippen LogP contribution in [0.3, 0.4) is 0 Å². The Bertz CT molecular complexity index is 950. The molecule has 3 aliphatic heterocycles. The molecule has 4 heterocycles. The van der Waals surface area contributed by atoms with E-state index in [1.807, 2.05) is 0 Å². The van der Waals surface area contributed by atoms with Crippen molar-refractivity contribution in [1.82, 2.24) is 23.5 Å². The maximum atomic E-state index is 13.2. The van der Waals surface area contributed by atoms with Crippen molar-refractivity contribution in [2.24, 2.45) is 5.92 Å². The maximum Gasteiger partial charge on any atom is 0.282 e. The molecule has 0 radical (unpaired) electrons. The Morgan fingerprint density at radius 2 is 1.71 bits per heavy atom. The van der Waals surface area contributed by atoms with Crippen LogP contribution in [0, 0.1) is 5.92 Å². The predicted molar refractivity (Wildman–Crippen MR) is 119 cm³/mol. The molecule has 1 atom stereocenters. The second kappa shape index (κ2) is 8.92. The van der Waals surface area contributed by atoms with Gasteiger partial charge in [-0.1, -0.05) is 19.3 Å². The van der Waals surface area contributed by atoms with E-state index in [-0.39, 0.29) is 11.6 Å². The number of aromatic nitrogens is 2. The first kappa shape index (κ1) is 21.6. The lowest BCUT2D eigenvalue weighted by Gasteiger charge is -2.33. The summed E-state index contributed by atoms with van der Waals surface area (Å²) < 4.78 is 29.5. The largest absolute Gasteiger partial charge is 0.309 e. The summed E-state index contributed by atoms with van der Waals surface area (Å²) in [5.74, 6) is 1.29. The van der Waals surface area contributed by atoms with Crippen LogP contribution in [0.1, 0.15) is 80.9 Å². The van der Waals surface area contributed by atoms with Crippen LogP contribution < -0.4 is 5.56 Å². The molecule has 172 valence electrons. The number of hydrogen-bond acceptors (Lipinski definition) is 5. The molecule has 0 aromatic carbocycles. The van der Waals surface area contributed by atoms with E-state index < -0.39 is 10.2 Å². The Kier molecular flexibility index (Phi) is 6.20. The molecule has 1 aromatic heterocycles. The zero-order chi connectivity index (χ0) is 21.4. The normalized spacial score (nSPS) is 27.0. The van der Waals surface area contributed by atoms with E-state index in [2.05, 4.69) is 9.88 Å². The van der Waals surface area contributed by atoms with Crippen molar-refractivity contribution in [3.05, 3.63) is 27.4 Å². The molecule has 4 aliphatic rings. The molecule has 1 N–H and O–H groups in total. The van der Waals surface area contributed by atoms with E-state index in [0.29, 0.717) is 38.4 Å². The van der Waals surface area contributed by atoms with Gasteiger partial charge in [-0.05, 0) is 44.4 Å². The highest BCUT2D eigenvalue weighted by molar-refractivity contribution is 7.86. The lowest BCUT2D eigenvalue weighted by Crippen LogP contribution is -2.43. The van der Waals surface area contributed by atoms with Crippen LogP contribution in [0.5, 0.6) is 0 Å². The molecule has 5 rings (SSSR count). The first-order valence-electron chi connectivity index (χ1n) is 12.1. The molecule has 1 saturated carbocycles. The lowest BCUT2D eigenvalue weighted by atomic mass is 9.88. The van der Waals surface area contributed by atoms with Crippen LogP contribution in [0.4, 0.5) is 0 Å². The summed E-state index contributed by atoms with van der Waals surface area (Å²) in [5, 5.41) is 0. The van der Waals surface area contributed by atoms with Crippen LogP contribution in [0.2, 0.25) is 0 Å². The number of H-pyrrole nitrogens is 1. The van der Waals surface area contributed by atoms with Gasteiger partial charge in [0.2, 0.25) is 0 Å². The van der Waals surface area contributed by atoms with Gasteiger partial charge >= 0.3 is 0 Å². The highest BCUT2D eigenvalue weighted by atomic mass is 32.2. The van der Waals surface area contributed by atoms with Crippen molar-refractivity contribution in [2.75, 3.05) is 32.7 Å². The van der Waals surface area contributed by atoms with E-state index in [1.54, 1.807) is 8.61 Å². The van der Waals surface area contributed by atoms with Crippen LogP contribution in [0.15, 0.2) is 4.79 Å². The summed E-state index contributed by atoms with van der Waals surface area (Å²) in [6, 6.07) is -0.358. The second-order valence-corrected chi connectivity index (χ2v) is 11.6. The topological polar surface area (TPSA) is 89.6 Å². The van der Waals surface area contributed by atoms with Crippen molar-refractivity contribution >= 4 is 10.2 Å². The Morgan fingerprint density at radius 1 is 0.935 bits per heavy atom. The summed E-state index contributed by atoms with van der Waals surface area (Å²) in [5.41, 5.74) is 1.56. The summed E-state index contributed by atoms with van der Waals surface area (Å²) in [7, 11) is -3.50. The third-order valence-corrected chi connectivity index (χ3v) is 9.66. The molecule has 31 heavy (non-hydrogen) atoms. The molecular weight excluding hydrogens is 414 g/mol. The van der Waals surface area contributed by atoms with E-state index in [4.69, 9.17) is 4.98 Å². The van der Waals surface area contributed by atoms with E-state index >= 15 is 0 Å². The standard InChI is InChI=1S/C22H35N5O3S/c28-22-18-16-25(15-17-7-2-1-3-8-17)14-10-19(18)23-21(24-22)20-9-6-13-27(20)31(29,30)26-11-4-5-12-26/h17,20H,1-16H2,(H,23,24,28). The van der Waals surface area contributed by atoms with Gasteiger partial charge < -0.3 is 4.98 Å². The summed E-state index contributed by atoms with van der Waals surface area (Å²) >= 11 is 0. The Labute approximate surface area is 185 Å². The minimum atomic E-state index is -3.50. The SMILES string of the molecule is O=c1[nH]c(C2CCCN2S(=O)(=O)N2CCCC2)nc2c1CN(CC1CCCCC1)CC2. The molecule has 9 heteroatoms. The lowest BCUT2D eigenvalue weighted by molar-refractivity contribution is 0.184. The fraction of sp³-hybridized carbons (Fsp3) is 0.818. The average Bonchev–Trinajstić information content (AvgIpc) is 3.48. The monoisotopic (exact) mass is 449 g/mol. The Morgan fingerprint density at radius 3 is 2.48 bits per heavy atom. The molecule has 8 nitrogen and oxygen atoms in total. The van der Waals surface area contributed by atoms with Crippen molar-refractivity contribution in [3.63, 3.8) is 0 Å². The maximum absolute atomic E-state index is 13.2. The Hall–Kier alpha value is -1.29. The van der Waals surface area contributed by atoms with Crippen molar-refractivity contribution in [3.8, 4) is 0 Å². The molecule has 1 aliphatic carbocycles. The third kappa shape index (κ3) is 4.34. The number of rotatable bonds is 5. The summed E-state index contributed by atoms with van der Waals surface area (Å²) in [4.78, 5) is 23.2. The summed E-state index contributed by atoms with van der Waals surface area (Å²) in [6.07, 6.45) is 10.8. The number of nitrogens with zero attached hydrogens (tertiary/aromatic N) is 4. The van der Waals surface area contributed by atoms with Crippen molar-refractivity contribution < 1.29 is 8.42 Å². The molecule has 1 aromatic rings. The second-order valence-electron chi connectivity index (χ2n) is 9.75. The molecular formula is C22H35N5O3S. The minimum absolute atomic E-state index is 0.0845. The average molecular weight is 450 g/mol. The minimum Gasteiger partial charge on any atom is -0.309 e. The van der Waals surface area contributed by atoms with Crippen LogP contribution in [-0.4, -0.2) is 64.6 Å². The highest BCUT2D eigenvalue weighted by Crippen LogP contribution is 2.35. The van der Waals surface area contributed by atoms with E-state index in [1.165, 1.54) is 32.1 Å². The van der Waals surface area contributed by atoms with Gasteiger partial charge in [0.05, 0.1) is 17.3 Å². The molecule has 3 fully saturated rings. The van der Waals surface area contributed by atoms with Crippen molar-refractivity contribution in [2.45, 2.75) is 76.8 Å². The van der Waals surface area contributed by atoms with Gasteiger partial charge in [0.15, 0.2) is 0 Å². The number of aromatic amines is 1. The quantitative estimate of drug-likeness (QED) is 0.744. The summed E-state index contributed by atoms with van der Waals surface area (Å²) in [6.45, 7) is 4.35. The van der Waals surface area contributed by atoms with Gasteiger partial charge in [-0.25, -0.2) is 4.98 Å². The highest BCUT2D eigenvalue weighted by Gasteiger charge is 2.41. The third-order valence-electron chi connectivity index (χ3n) is 7.61. The zero-order valence-electron chi connectivity index (χ0n) is 18.4. The first-order valence-corrected chi connectivity index (χ1v) is 13.5.